The van der Waals surface area contributed by atoms with Gasteiger partial charge in [-0.3, -0.25) is 4.79 Å². The molecule has 0 heterocycles. The molecule has 5 heteroatoms. The fourth-order valence-corrected chi connectivity index (χ4v) is 3.47. The third kappa shape index (κ3) is 7.31. The molecule has 0 aromatic heterocycles. The SMILES string of the molecule is CCCC(CCNC(=O)OCc1ccccc1)C(=O)Sc1ccccc1. The first-order chi connectivity index (χ1) is 12.7. The van der Waals surface area contributed by atoms with E-state index in [1.165, 1.54) is 11.8 Å². The first kappa shape index (κ1) is 20.0. The Morgan fingerprint density at radius 1 is 1.00 bits per heavy atom. The van der Waals surface area contributed by atoms with Gasteiger partial charge in [0.25, 0.3) is 0 Å². The van der Waals surface area contributed by atoms with Gasteiger partial charge in [0, 0.05) is 17.4 Å². The Morgan fingerprint density at radius 2 is 1.65 bits per heavy atom. The highest BCUT2D eigenvalue weighted by molar-refractivity contribution is 8.13. The van der Waals surface area contributed by atoms with E-state index in [0.29, 0.717) is 13.0 Å². The van der Waals surface area contributed by atoms with Crippen LogP contribution < -0.4 is 5.32 Å². The van der Waals surface area contributed by atoms with E-state index < -0.39 is 6.09 Å². The molecule has 2 rings (SSSR count). The zero-order valence-corrected chi connectivity index (χ0v) is 15.8. The van der Waals surface area contributed by atoms with Crippen LogP contribution in [0.15, 0.2) is 65.6 Å². The lowest BCUT2D eigenvalue weighted by Crippen LogP contribution is -2.27. The summed E-state index contributed by atoms with van der Waals surface area (Å²) in [7, 11) is 0. The van der Waals surface area contributed by atoms with Crippen LogP contribution in [0.4, 0.5) is 4.79 Å². The molecule has 0 aliphatic heterocycles. The Kier molecular flexibility index (Phi) is 8.76. The molecule has 1 amide bonds. The first-order valence-corrected chi connectivity index (χ1v) is 9.72. The fourth-order valence-electron chi connectivity index (χ4n) is 2.54. The van der Waals surface area contributed by atoms with Crippen molar-refractivity contribution in [2.45, 2.75) is 37.7 Å². The van der Waals surface area contributed by atoms with Gasteiger partial charge in [0.2, 0.25) is 0 Å². The quantitative estimate of drug-likeness (QED) is 0.628. The molecule has 2 aromatic carbocycles. The molecule has 0 aliphatic carbocycles. The normalized spacial score (nSPS) is 11.6. The minimum Gasteiger partial charge on any atom is -0.445 e. The second-order valence-corrected chi connectivity index (χ2v) is 7.07. The van der Waals surface area contributed by atoms with E-state index in [2.05, 4.69) is 12.2 Å². The molecule has 1 N–H and O–H groups in total. The van der Waals surface area contributed by atoms with E-state index in [1.807, 2.05) is 60.7 Å². The Bertz CT molecular complexity index is 676. The molecule has 2 aromatic rings. The van der Waals surface area contributed by atoms with E-state index in [-0.39, 0.29) is 17.6 Å². The van der Waals surface area contributed by atoms with Gasteiger partial charge in [-0.2, -0.15) is 0 Å². The number of benzene rings is 2. The summed E-state index contributed by atoms with van der Waals surface area (Å²) in [5, 5.41) is 2.89. The predicted octanol–water partition coefficient (Wildman–Crippen LogP) is 5.04. The molecule has 0 bridgehead atoms. The third-order valence-corrected chi connectivity index (χ3v) is 4.95. The minimum absolute atomic E-state index is 0.0698. The third-order valence-electron chi connectivity index (χ3n) is 3.91. The largest absolute Gasteiger partial charge is 0.445 e. The van der Waals surface area contributed by atoms with Crippen LogP contribution >= 0.6 is 11.8 Å². The molecule has 0 aliphatic rings. The number of carbonyl (C=O) groups excluding carboxylic acids is 2. The molecule has 0 spiro atoms. The van der Waals surface area contributed by atoms with Crippen molar-refractivity contribution < 1.29 is 14.3 Å². The monoisotopic (exact) mass is 371 g/mol. The van der Waals surface area contributed by atoms with Crippen molar-refractivity contribution in [1.82, 2.24) is 5.32 Å². The van der Waals surface area contributed by atoms with E-state index in [1.54, 1.807) is 0 Å². The lowest BCUT2D eigenvalue weighted by Gasteiger charge is -2.15. The van der Waals surface area contributed by atoms with Gasteiger partial charge in [0.15, 0.2) is 5.12 Å². The molecule has 0 fully saturated rings. The first-order valence-electron chi connectivity index (χ1n) is 8.90. The zero-order valence-electron chi connectivity index (χ0n) is 15.0. The molecule has 0 saturated carbocycles. The highest BCUT2D eigenvalue weighted by Gasteiger charge is 2.19. The fraction of sp³-hybridized carbons (Fsp3) is 0.333. The van der Waals surface area contributed by atoms with Gasteiger partial charge in [0.1, 0.15) is 6.61 Å². The lowest BCUT2D eigenvalue weighted by atomic mass is 10.0. The number of amides is 1. The van der Waals surface area contributed by atoms with Crippen LogP contribution in [0, 0.1) is 5.92 Å². The number of rotatable bonds is 9. The van der Waals surface area contributed by atoms with Crippen LogP contribution in [0.2, 0.25) is 0 Å². The number of nitrogens with one attached hydrogen (secondary N) is 1. The second kappa shape index (κ2) is 11.4. The summed E-state index contributed by atoms with van der Waals surface area (Å²) in [4.78, 5) is 25.3. The van der Waals surface area contributed by atoms with Crippen molar-refractivity contribution in [2.75, 3.05) is 6.54 Å². The summed E-state index contributed by atoms with van der Waals surface area (Å²) >= 11 is 1.28. The van der Waals surface area contributed by atoms with E-state index in [4.69, 9.17) is 4.74 Å². The van der Waals surface area contributed by atoms with Crippen LogP contribution in [0.3, 0.4) is 0 Å². The lowest BCUT2D eigenvalue weighted by molar-refractivity contribution is -0.114. The van der Waals surface area contributed by atoms with E-state index in [9.17, 15) is 9.59 Å². The van der Waals surface area contributed by atoms with Crippen molar-refractivity contribution >= 4 is 23.0 Å². The molecular weight excluding hydrogens is 346 g/mol. The van der Waals surface area contributed by atoms with Crippen molar-refractivity contribution in [3.63, 3.8) is 0 Å². The summed E-state index contributed by atoms with van der Waals surface area (Å²) in [5.74, 6) is -0.0698. The molecule has 1 atom stereocenters. The summed E-state index contributed by atoms with van der Waals surface area (Å²) in [6, 6.07) is 19.2. The van der Waals surface area contributed by atoms with Gasteiger partial charge in [-0.1, -0.05) is 73.6 Å². The van der Waals surface area contributed by atoms with Crippen molar-refractivity contribution in [2.24, 2.45) is 5.92 Å². The summed E-state index contributed by atoms with van der Waals surface area (Å²) in [6.07, 6.45) is 1.92. The van der Waals surface area contributed by atoms with Crippen LogP contribution in [0.1, 0.15) is 31.7 Å². The number of ether oxygens (including phenoxy) is 1. The molecule has 1 unspecified atom stereocenters. The Hall–Kier alpha value is -2.27. The summed E-state index contributed by atoms with van der Waals surface area (Å²) < 4.78 is 5.19. The van der Waals surface area contributed by atoms with Gasteiger partial charge in [-0.15, -0.1) is 0 Å². The molecule has 138 valence electrons. The van der Waals surface area contributed by atoms with Crippen molar-refractivity contribution in [3.05, 3.63) is 66.2 Å². The maximum absolute atomic E-state index is 12.5. The maximum Gasteiger partial charge on any atom is 0.407 e. The second-order valence-electron chi connectivity index (χ2n) is 6.00. The van der Waals surface area contributed by atoms with Gasteiger partial charge in [-0.05, 0) is 30.5 Å². The number of alkyl carbamates (subject to hydrolysis) is 1. The van der Waals surface area contributed by atoms with Gasteiger partial charge >= 0.3 is 6.09 Å². The number of carbonyl (C=O) groups is 2. The number of thioether (sulfide) groups is 1. The average molecular weight is 372 g/mol. The minimum atomic E-state index is -0.452. The molecule has 0 radical (unpaired) electrons. The highest BCUT2D eigenvalue weighted by Crippen LogP contribution is 2.26. The van der Waals surface area contributed by atoms with E-state index >= 15 is 0 Å². The standard InChI is InChI=1S/C21H25NO3S/c1-2-9-18(20(23)26-19-12-7-4-8-13-19)14-15-22-21(24)25-16-17-10-5-3-6-11-17/h3-8,10-13,18H,2,9,14-16H2,1H3,(H,22,24). The number of hydrogen-bond acceptors (Lipinski definition) is 4. The zero-order chi connectivity index (χ0) is 18.6. The Balaban J connectivity index is 1.73. The molecule has 4 nitrogen and oxygen atoms in total. The maximum atomic E-state index is 12.5. The van der Waals surface area contributed by atoms with Crippen LogP contribution in [-0.4, -0.2) is 17.8 Å². The summed E-state index contributed by atoms with van der Waals surface area (Å²) in [6.45, 7) is 2.74. The van der Waals surface area contributed by atoms with Crippen LogP contribution in [0.25, 0.3) is 0 Å². The predicted molar refractivity (Wildman–Crippen MR) is 105 cm³/mol. The topological polar surface area (TPSA) is 55.4 Å². The average Bonchev–Trinajstić information content (AvgIpc) is 2.67. The smallest absolute Gasteiger partial charge is 0.407 e. The summed E-state index contributed by atoms with van der Waals surface area (Å²) in [5.41, 5.74) is 0.945. The molecule has 0 saturated heterocycles. The van der Waals surface area contributed by atoms with E-state index in [0.717, 1.165) is 23.3 Å². The van der Waals surface area contributed by atoms with Crippen LogP contribution in [-0.2, 0) is 16.1 Å². The highest BCUT2D eigenvalue weighted by atomic mass is 32.2. The molecular formula is C21H25NO3S. The van der Waals surface area contributed by atoms with Crippen LogP contribution in [0.5, 0.6) is 0 Å². The number of hydrogen-bond donors (Lipinski definition) is 1. The van der Waals surface area contributed by atoms with Gasteiger partial charge < -0.3 is 10.1 Å². The van der Waals surface area contributed by atoms with Gasteiger partial charge in [0.05, 0.1) is 0 Å². The van der Waals surface area contributed by atoms with Crippen molar-refractivity contribution in [3.8, 4) is 0 Å². The molecule has 26 heavy (non-hydrogen) atoms. The Morgan fingerprint density at radius 3 is 2.31 bits per heavy atom. The van der Waals surface area contributed by atoms with Gasteiger partial charge in [-0.25, -0.2) is 4.79 Å². The van der Waals surface area contributed by atoms with Crippen molar-refractivity contribution in [1.29, 1.82) is 0 Å². The Labute approximate surface area is 159 Å².